The number of amides is 2. The Bertz CT molecular complexity index is 364. The first-order valence-corrected chi connectivity index (χ1v) is 6.94. The highest BCUT2D eigenvalue weighted by Gasteiger charge is 2.25. The summed E-state index contributed by atoms with van der Waals surface area (Å²) in [7, 11) is 0. The minimum atomic E-state index is -1.40. The number of hydrogen-bond acceptors (Lipinski definition) is 3. The zero-order valence-corrected chi connectivity index (χ0v) is 11.6. The number of carbonyl (C=O) groups is 3. The number of rotatable bonds is 6. The molecule has 1 saturated carbocycles. The van der Waals surface area contributed by atoms with Gasteiger partial charge in [-0.1, -0.05) is 13.3 Å². The maximum atomic E-state index is 11.7. The molecule has 1 atom stereocenters. The summed E-state index contributed by atoms with van der Waals surface area (Å²) in [5.74, 6) is -1.91. The molecule has 0 aromatic rings. The summed E-state index contributed by atoms with van der Waals surface area (Å²) in [5.41, 5.74) is 0. The Hall–Kier alpha value is -1.79. The van der Waals surface area contributed by atoms with Crippen LogP contribution in [0.3, 0.4) is 0 Å². The number of carboxylic acid groups (broad SMARTS) is 2. The molecule has 7 heteroatoms. The molecule has 1 aliphatic rings. The standard InChI is InChI=1S/C13H22N2O5/c1-2-8-3-5-9(6-4-8)14-13(20)15-10(12(18)19)7-11(16)17/h8-10H,2-7H2,1H3,(H,16,17)(H,18,19)(H2,14,15,20)/t8?,9?,10-/m0/s1. The Kier molecular flexibility index (Phi) is 6.27. The van der Waals surface area contributed by atoms with Crippen molar-refractivity contribution >= 4 is 18.0 Å². The van der Waals surface area contributed by atoms with Crippen LogP contribution >= 0.6 is 0 Å². The van der Waals surface area contributed by atoms with Crippen LogP contribution in [0.15, 0.2) is 0 Å². The quantitative estimate of drug-likeness (QED) is 0.585. The molecule has 0 unspecified atom stereocenters. The molecule has 1 fully saturated rings. The molecule has 7 nitrogen and oxygen atoms in total. The molecule has 1 rings (SSSR count). The van der Waals surface area contributed by atoms with E-state index in [1.807, 2.05) is 0 Å². The van der Waals surface area contributed by atoms with Crippen molar-refractivity contribution in [1.82, 2.24) is 10.6 Å². The van der Waals surface area contributed by atoms with E-state index in [1.165, 1.54) is 0 Å². The molecule has 0 aliphatic heterocycles. The van der Waals surface area contributed by atoms with Crippen LogP contribution in [0.4, 0.5) is 4.79 Å². The van der Waals surface area contributed by atoms with Crippen molar-refractivity contribution < 1.29 is 24.6 Å². The van der Waals surface area contributed by atoms with E-state index in [0.717, 1.165) is 32.1 Å². The average Bonchev–Trinajstić information content (AvgIpc) is 2.38. The van der Waals surface area contributed by atoms with Crippen LogP contribution in [0.5, 0.6) is 0 Å². The number of urea groups is 1. The van der Waals surface area contributed by atoms with Gasteiger partial charge in [-0.2, -0.15) is 0 Å². The molecule has 4 N–H and O–H groups in total. The van der Waals surface area contributed by atoms with Crippen molar-refractivity contribution in [3.8, 4) is 0 Å². The summed E-state index contributed by atoms with van der Waals surface area (Å²) < 4.78 is 0. The summed E-state index contributed by atoms with van der Waals surface area (Å²) in [4.78, 5) is 33.0. The number of carboxylic acids is 2. The van der Waals surface area contributed by atoms with Crippen LogP contribution in [0.1, 0.15) is 45.4 Å². The van der Waals surface area contributed by atoms with E-state index < -0.39 is 30.4 Å². The molecule has 114 valence electrons. The van der Waals surface area contributed by atoms with E-state index in [9.17, 15) is 14.4 Å². The summed E-state index contributed by atoms with van der Waals surface area (Å²) >= 11 is 0. The average molecular weight is 286 g/mol. The van der Waals surface area contributed by atoms with Gasteiger partial charge in [0, 0.05) is 6.04 Å². The first-order chi connectivity index (χ1) is 9.42. The molecule has 0 aromatic heterocycles. The van der Waals surface area contributed by atoms with E-state index >= 15 is 0 Å². The highest BCUT2D eigenvalue weighted by Crippen LogP contribution is 2.26. The van der Waals surface area contributed by atoms with Gasteiger partial charge in [-0.3, -0.25) is 4.79 Å². The summed E-state index contributed by atoms with van der Waals surface area (Å²) in [6.45, 7) is 2.15. The highest BCUT2D eigenvalue weighted by atomic mass is 16.4. The van der Waals surface area contributed by atoms with Gasteiger partial charge in [-0.25, -0.2) is 9.59 Å². The molecular weight excluding hydrogens is 264 g/mol. The lowest BCUT2D eigenvalue weighted by Crippen LogP contribution is -2.50. The second kappa shape index (κ2) is 7.72. The molecule has 0 saturated heterocycles. The third-order valence-electron chi connectivity index (χ3n) is 3.74. The molecule has 20 heavy (non-hydrogen) atoms. The Labute approximate surface area is 117 Å². The van der Waals surface area contributed by atoms with Crippen LogP contribution in [0, 0.1) is 5.92 Å². The smallest absolute Gasteiger partial charge is 0.326 e. The molecule has 0 radical (unpaired) electrons. The first-order valence-electron chi connectivity index (χ1n) is 6.94. The molecule has 1 aliphatic carbocycles. The predicted molar refractivity (Wildman–Crippen MR) is 71.4 cm³/mol. The third kappa shape index (κ3) is 5.46. The Morgan fingerprint density at radius 3 is 2.20 bits per heavy atom. The molecule has 0 heterocycles. The predicted octanol–water partition coefficient (Wildman–Crippen LogP) is 1.18. The molecule has 0 spiro atoms. The summed E-state index contributed by atoms with van der Waals surface area (Å²) in [6.07, 6.45) is 4.37. The third-order valence-corrected chi connectivity index (χ3v) is 3.74. The topological polar surface area (TPSA) is 116 Å². The maximum Gasteiger partial charge on any atom is 0.326 e. The number of hydrogen-bond donors (Lipinski definition) is 4. The fourth-order valence-electron chi connectivity index (χ4n) is 2.48. The lowest BCUT2D eigenvalue weighted by atomic mass is 9.85. The van der Waals surface area contributed by atoms with Gasteiger partial charge < -0.3 is 20.8 Å². The fourth-order valence-corrected chi connectivity index (χ4v) is 2.48. The van der Waals surface area contributed by atoms with E-state index in [1.54, 1.807) is 0 Å². The van der Waals surface area contributed by atoms with E-state index in [0.29, 0.717) is 5.92 Å². The lowest BCUT2D eigenvalue weighted by Gasteiger charge is -2.28. The van der Waals surface area contributed by atoms with Crippen molar-refractivity contribution in [1.29, 1.82) is 0 Å². The number of carbonyl (C=O) groups excluding carboxylic acids is 1. The van der Waals surface area contributed by atoms with Crippen LogP contribution in [0.25, 0.3) is 0 Å². The maximum absolute atomic E-state index is 11.7. The van der Waals surface area contributed by atoms with E-state index in [2.05, 4.69) is 17.6 Å². The van der Waals surface area contributed by atoms with Gasteiger partial charge >= 0.3 is 18.0 Å². The van der Waals surface area contributed by atoms with Crippen molar-refractivity contribution in [2.75, 3.05) is 0 Å². The zero-order chi connectivity index (χ0) is 15.1. The van der Waals surface area contributed by atoms with E-state index in [-0.39, 0.29) is 6.04 Å². The zero-order valence-electron chi connectivity index (χ0n) is 11.6. The molecule has 2 amide bonds. The fraction of sp³-hybridized carbons (Fsp3) is 0.769. The summed E-state index contributed by atoms with van der Waals surface area (Å²) in [5, 5.41) is 22.3. The first kappa shape index (κ1) is 16.3. The van der Waals surface area contributed by atoms with Crippen molar-refractivity contribution in [3.63, 3.8) is 0 Å². The molecule has 0 bridgehead atoms. The molecule has 0 aromatic carbocycles. The van der Waals surface area contributed by atoms with Gasteiger partial charge in [0.2, 0.25) is 0 Å². The van der Waals surface area contributed by atoms with Crippen LogP contribution < -0.4 is 10.6 Å². The van der Waals surface area contributed by atoms with Gasteiger partial charge in [-0.15, -0.1) is 0 Å². The largest absolute Gasteiger partial charge is 0.481 e. The minimum absolute atomic E-state index is 0.0390. The Morgan fingerprint density at radius 1 is 1.15 bits per heavy atom. The summed E-state index contributed by atoms with van der Waals surface area (Å²) in [6, 6.07) is -1.98. The minimum Gasteiger partial charge on any atom is -0.481 e. The van der Waals surface area contributed by atoms with Crippen LogP contribution in [-0.2, 0) is 9.59 Å². The van der Waals surface area contributed by atoms with Crippen LogP contribution in [0.2, 0.25) is 0 Å². The number of aliphatic carboxylic acids is 2. The second-order valence-electron chi connectivity index (χ2n) is 5.23. The van der Waals surface area contributed by atoms with Gasteiger partial charge in [0.05, 0.1) is 6.42 Å². The Morgan fingerprint density at radius 2 is 1.75 bits per heavy atom. The second-order valence-corrected chi connectivity index (χ2v) is 5.23. The van der Waals surface area contributed by atoms with Crippen LogP contribution in [-0.4, -0.2) is 40.3 Å². The van der Waals surface area contributed by atoms with Gasteiger partial charge in [0.25, 0.3) is 0 Å². The highest BCUT2D eigenvalue weighted by molar-refractivity contribution is 5.86. The lowest BCUT2D eigenvalue weighted by molar-refractivity contribution is -0.145. The van der Waals surface area contributed by atoms with Gasteiger partial charge in [0.1, 0.15) is 6.04 Å². The monoisotopic (exact) mass is 286 g/mol. The SMILES string of the molecule is CCC1CCC(NC(=O)N[C@@H](CC(=O)O)C(=O)O)CC1. The van der Waals surface area contributed by atoms with Gasteiger partial charge in [-0.05, 0) is 31.6 Å². The van der Waals surface area contributed by atoms with Crippen molar-refractivity contribution in [3.05, 3.63) is 0 Å². The van der Waals surface area contributed by atoms with Crippen molar-refractivity contribution in [2.45, 2.75) is 57.5 Å². The molecular formula is C13H22N2O5. The van der Waals surface area contributed by atoms with E-state index in [4.69, 9.17) is 10.2 Å². The van der Waals surface area contributed by atoms with Crippen molar-refractivity contribution in [2.24, 2.45) is 5.92 Å². The van der Waals surface area contributed by atoms with Gasteiger partial charge in [0.15, 0.2) is 0 Å². The normalized spacial score (nSPS) is 23.6. The Balaban J connectivity index is 2.38. The number of nitrogens with one attached hydrogen (secondary N) is 2.